The highest BCUT2D eigenvalue weighted by Gasteiger charge is 1.95. The van der Waals surface area contributed by atoms with Gasteiger partial charge in [0.1, 0.15) is 12.3 Å². The van der Waals surface area contributed by atoms with Crippen LogP contribution < -0.4 is 10.1 Å². The molecule has 2 heteroatoms. The van der Waals surface area contributed by atoms with E-state index >= 15 is 0 Å². The molecule has 2 nitrogen and oxygen atoms in total. The molecule has 0 unspecified atom stereocenters. The van der Waals surface area contributed by atoms with Crippen molar-refractivity contribution in [1.82, 2.24) is 0 Å². The summed E-state index contributed by atoms with van der Waals surface area (Å²) >= 11 is 0. The Morgan fingerprint density at radius 1 is 1.14 bits per heavy atom. The van der Waals surface area contributed by atoms with Crippen LogP contribution in [-0.4, -0.2) is 13.2 Å². The molecule has 0 saturated carbocycles. The van der Waals surface area contributed by atoms with Crippen molar-refractivity contribution in [1.29, 1.82) is 0 Å². The van der Waals surface area contributed by atoms with Crippen molar-refractivity contribution in [3.8, 4) is 5.75 Å². The Morgan fingerprint density at radius 3 is 2.43 bits per heavy atom. The Bertz CT molecular complexity index is 243. The normalized spacial score (nSPS) is 10.1. The van der Waals surface area contributed by atoms with Gasteiger partial charge in [-0.15, -0.1) is 0 Å². The summed E-state index contributed by atoms with van der Waals surface area (Å²) in [7, 11) is 0. The standard InChI is InChI=1S/C12H19NO/c1-3-9-13-10-11-5-7-12(8-6-11)14-4-2/h5-8,13H,3-4,9-10H2,1-2H3/p+1. The van der Waals surface area contributed by atoms with E-state index in [1.54, 1.807) is 0 Å². The second kappa shape index (κ2) is 6.44. The van der Waals surface area contributed by atoms with Crippen LogP contribution in [0.2, 0.25) is 0 Å². The first kappa shape index (κ1) is 11.1. The molecule has 2 N–H and O–H groups in total. The first-order chi connectivity index (χ1) is 6.86. The molecule has 1 rings (SSSR count). The fourth-order valence-corrected chi connectivity index (χ4v) is 1.36. The molecule has 1 aromatic rings. The van der Waals surface area contributed by atoms with Gasteiger partial charge in [-0.3, -0.25) is 0 Å². The summed E-state index contributed by atoms with van der Waals surface area (Å²) in [4.78, 5) is 0. The van der Waals surface area contributed by atoms with Crippen LogP contribution in [0.3, 0.4) is 0 Å². The molecule has 0 aliphatic carbocycles. The molecule has 0 bridgehead atoms. The van der Waals surface area contributed by atoms with Crippen LogP contribution in [0.4, 0.5) is 0 Å². The van der Waals surface area contributed by atoms with Gasteiger partial charge in [0.25, 0.3) is 0 Å². The molecular weight excluding hydrogens is 174 g/mol. The topological polar surface area (TPSA) is 25.8 Å². The molecule has 78 valence electrons. The lowest BCUT2D eigenvalue weighted by atomic mass is 10.2. The average molecular weight is 194 g/mol. The van der Waals surface area contributed by atoms with Crippen molar-refractivity contribution >= 4 is 0 Å². The maximum atomic E-state index is 5.38. The Hall–Kier alpha value is -1.02. The number of hydrogen-bond donors (Lipinski definition) is 1. The molecule has 0 spiro atoms. The van der Waals surface area contributed by atoms with E-state index in [0.29, 0.717) is 0 Å². The molecular formula is C12H20NO+. The van der Waals surface area contributed by atoms with Gasteiger partial charge in [0.2, 0.25) is 0 Å². The first-order valence-electron chi connectivity index (χ1n) is 5.40. The quantitative estimate of drug-likeness (QED) is 0.683. The van der Waals surface area contributed by atoms with E-state index in [-0.39, 0.29) is 0 Å². The SMILES string of the molecule is CCC[NH2+]Cc1ccc(OCC)cc1. The lowest BCUT2D eigenvalue weighted by molar-refractivity contribution is -0.670. The van der Waals surface area contributed by atoms with E-state index in [9.17, 15) is 0 Å². The summed E-state index contributed by atoms with van der Waals surface area (Å²) in [6, 6.07) is 8.35. The minimum absolute atomic E-state index is 0.737. The zero-order valence-corrected chi connectivity index (χ0v) is 9.12. The average Bonchev–Trinajstić information content (AvgIpc) is 2.21. The monoisotopic (exact) mass is 194 g/mol. The van der Waals surface area contributed by atoms with Gasteiger partial charge in [-0.25, -0.2) is 0 Å². The summed E-state index contributed by atoms with van der Waals surface area (Å²) in [5, 5.41) is 2.33. The molecule has 0 amide bonds. The molecule has 0 fully saturated rings. The minimum atomic E-state index is 0.737. The van der Waals surface area contributed by atoms with Crippen LogP contribution in [0.1, 0.15) is 25.8 Å². The first-order valence-corrected chi connectivity index (χ1v) is 5.40. The predicted molar refractivity (Wildman–Crippen MR) is 58.4 cm³/mol. The number of quaternary nitrogens is 1. The second-order valence-corrected chi connectivity index (χ2v) is 3.36. The third-order valence-corrected chi connectivity index (χ3v) is 2.11. The van der Waals surface area contributed by atoms with E-state index in [1.165, 1.54) is 18.5 Å². The third kappa shape index (κ3) is 3.79. The maximum absolute atomic E-state index is 5.38. The Morgan fingerprint density at radius 2 is 1.86 bits per heavy atom. The van der Waals surface area contributed by atoms with Crippen molar-refractivity contribution in [2.45, 2.75) is 26.8 Å². The Labute approximate surface area is 86.3 Å². The predicted octanol–water partition coefficient (Wildman–Crippen LogP) is 1.56. The lowest BCUT2D eigenvalue weighted by Crippen LogP contribution is -2.82. The number of rotatable bonds is 6. The molecule has 0 aromatic heterocycles. The van der Waals surface area contributed by atoms with Gasteiger partial charge in [-0.1, -0.05) is 6.92 Å². The summed E-state index contributed by atoms with van der Waals surface area (Å²) in [6.07, 6.45) is 1.23. The van der Waals surface area contributed by atoms with Crippen LogP contribution in [0.15, 0.2) is 24.3 Å². The lowest BCUT2D eigenvalue weighted by Gasteiger charge is -2.04. The van der Waals surface area contributed by atoms with Crippen LogP contribution >= 0.6 is 0 Å². The molecule has 0 atom stereocenters. The van der Waals surface area contributed by atoms with Gasteiger partial charge in [0.05, 0.1) is 13.2 Å². The molecule has 0 aliphatic rings. The van der Waals surface area contributed by atoms with E-state index in [0.717, 1.165) is 18.9 Å². The van der Waals surface area contributed by atoms with Gasteiger partial charge in [-0.05, 0) is 37.6 Å². The summed E-state index contributed by atoms with van der Waals surface area (Å²) in [5.74, 6) is 0.965. The zero-order valence-electron chi connectivity index (χ0n) is 9.12. The van der Waals surface area contributed by atoms with Crippen molar-refractivity contribution in [2.75, 3.05) is 13.2 Å². The number of benzene rings is 1. The molecule has 0 aliphatic heterocycles. The smallest absolute Gasteiger partial charge is 0.119 e. The van der Waals surface area contributed by atoms with Crippen LogP contribution in [-0.2, 0) is 6.54 Å². The van der Waals surface area contributed by atoms with Crippen molar-refractivity contribution in [3.63, 3.8) is 0 Å². The summed E-state index contributed by atoms with van der Waals surface area (Å²) < 4.78 is 5.38. The largest absolute Gasteiger partial charge is 0.494 e. The number of hydrogen-bond acceptors (Lipinski definition) is 1. The molecule has 1 aromatic carbocycles. The van der Waals surface area contributed by atoms with Gasteiger partial charge in [0.15, 0.2) is 0 Å². The van der Waals surface area contributed by atoms with Crippen molar-refractivity contribution in [3.05, 3.63) is 29.8 Å². The number of ether oxygens (including phenoxy) is 1. The van der Waals surface area contributed by atoms with E-state index in [1.807, 2.05) is 19.1 Å². The van der Waals surface area contributed by atoms with Crippen LogP contribution in [0.25, 0.3) is 0 Å². The van der Waals surface area contributed by atoms with E-state index in [2.05, 4.69) is 24.4 Å². The molecule has 14 heavy (non-hydrogen) atoms. The molecule has 0 radical (unpaired) electrons. The van der Waals surface area contributed by atoms with Gasteiger partial charge in [-0.2, -0.15) is 0 Å². The van der Waals surface area contributed by atoms with Crippen molar-refractivity contribution in [2.24, 2.45) is 0 Å². The third-order valence-electron chi connectivity index (χ3n) is 2.11. The summed E-state index contributed by atoms with van der Waals surface area (Å²) in [5.41, 5.74) is 1.36. The van der Waals surface area contributed by atoms with Gasteiger partial charge in [0, 0.05) is 5.56 Å². The second-order valence-electron chi connectivity index (χ2n) is 3.36. The summed E-state index contributed by atoms with van der Waals surface area (Å²) in [6.45, 7) is 7.21. The fraction of sp³-hybridized carbons (Fsp3) is 0.500. The minimum Gasteiger partial charge on any atom is -0.494 e. The van der Waals surface area contributed by atoms with Crippen LogP contribution in [0, 0.1) is 0 Å². The van der Waals surface area contributed by atoms with Gasteiger partial charge < -0.3 is 10.1 Å². The number of nitrogens with two attached hydrogens (primary N) is 1. The molecule has 0 heterocycles. The van der Waals surface area contributed by atoms with Crippen molar-refractivity contribution < 1.29 is 10.1 Å². The van der Waals surface area contributed by atoms with Crippen LogP contribution in [0.5, 0.6) is 5.75 Å². The van der Waals surface area contributed by atoms with E-state index in [4.69, 9.17) is 4.74 Å². The highest BCUT2D eigenvalue weighted by molar-refractivity contribution is 5.26. The maximum Gasteiger partial charge on any atom is 0.119 e. The Kier molecular flexibility index (Phi) is 5.08. The van der Waals surface area contributed by atoms with Gasteiger partial charge >= 0.3 is 0 Å². The van der Waals surface area contributed by atoms with E-state index < -0.39 is 0 Å². The molecule has 0 saturated heterocycles. The zero-order chi connectivity index (χ0) is 10.2. The highest BCUT2D eigenvalue weighted by Crippen LogP contribution is 2.10. The highest BCUT2D eigenvalue weighted by atomic mass is 16.5. The Balaban J connectivity index is 2.38. The fourth-order valence-electron chi connectivity index (χ4n) is 1.36.